The van der Waals surface area contributed by atoms with Crippen molar-refractivity contribution >= 4 is 22.8 Å². The Morgan fingerprint density at radius 2 is 1.77 bits per heavy atom. The van der Waals surface area contributed by atoms with E-state index in [0.717, 1.165) is 47.4 Å². The molecule has 3 aliphatic carbocycles. The first-order valence-corrected chi connectivity index (χ1v) is 12.3. The first kappa shape index (κ1) is 21.7. The molecule has 1 heterocycles. The van der Waals surface area contributed by atoms with Gasteiger partial charge >= 0.3 is 0 Å². The van der Waals surface area contributed by atoms with Crippen molar-refractivity contribution in [3.05, 3.63) is 83.4 Å². The Labute approximate surface area is 204 Å². The number of nitrogens with one attached hydrogen (secondary N) is 1. The van der Waals surface area contributed by atoms with E-state index in [0.29, 0.717) is 33.8 Å². The van der Waals surface area contributed by atoms with E-state index < -0.39 is 5.91 Å². The Morgan fingerprint density at radius 3 is 2.40 bits per heavy atom. The molecular weight excluding hydrogens is 436 g/mol. The van der Waals surface area contributed by atoms with Crippen LogP contribution in [0.15, 0.2) is 71.1 Å². The topological polar surface area (TPSA) is 85.3 Å². The van der Waals surface area contributed by atoms with Gasteiger partial charge < -0.3 is 15.5 Å². The predicted octanol–water partition coefficient (Wildman–Crippen LogP) is 5.96. The van der Waals surface area contributed by atoms with E-state index in [1.54, 1.807) is 0 Å². The molecule has 1 unspecified atom stereocenters. The van der Waals surface area contributed by atoms with E-state index in [4.69, 9.17) is 10.2 Å². The summed E-state index contributed by atoms with van der Waals surface area (Å²) >= 11 is 0. The maximum Gasteiger partial charge on any atom is 0.253 e. The van der Waals surface area contributed by atoms with Gasteiger partial charge in [-0.3, -0.25) is 9.59 Å². The van der Waals surface area contributed by atoms with Crippen molar-refractivity contribution in [1.29, 1.82) is 0 Å². The van der Waals surface area contributed by atoms with E-state index >= 15 is 0 Å². The van der Waals surface area contributed by atoms with Crippen molar-refractivity contribution in [2.45, 2.75) is 38.6 Å². The van der Waals surface area contributed by atoms with Gasteiger partial charge in [0.1, 0.15) is 11.3 Å². The van der Waals surface area contributed by atoms with Gasteiger partial charge in [0, 0.05) is 22.1 Å². The van der Waals surface area contributed by atoms with Gasteiger partial charge in [-0.25, -0.2) is 0 Å². The fraction of sp³-hybridized carbons (Fsp3) is 0.267. The third-order valence-electron chi connectivity index (χ3n) is 8.21. The zero-order valence-corrected chi connectivity index (χ0v) is 19.9. The fourth-order valence-corrected chi connectivity index (χ4v) is 5.86. The van der Waals surface area contributed by atoms with Gasteiger partial charge in [-0.15, -0.1) is 0 Å². The molecule has 7 rings (SSSR count). The van der Waals surface area contributed by atoms with Crippen LogP contribution in [0.4, 0.5) is 0 Å². The number of aryl methyl sites for hydroxylation is 1. The highest BCUT2D eigenvalue weighted by Gasteiger charge is 2.63. The predicted molar refractivity (Wildman–Crippen MR) is 137 cm³/mol. The molecule has 0 aliphatic heterocycles. The second kappa shape index (κ2) is 7.84. The molecular formula is C30H28N2O3. The van der Waals surface area contributed by atoms with E-state index in [2.05, 4.69) is 19.2 Å². The Kier molecular flexibility index (Phi) is 4.85. The maximum atomic E-state index is 13.1. The molecule has 3 saturated carbocycles. The lowest BCUT2D eigenvalue weighted by molar-refractivity contribution is -0.118. The molecule has 0 spiro atoms. The standard InChI is InChI=1S/C30H28N2O3/c1-3-18-13-25-24(26(28(31)33)27(35-25)19-8-5-4-6-9-19)14-23(18)20-10-7-11-21(12-20)29(34)32-30-15-22(16-30)17(30)2/h4-14,17,22H,3,15-16H2,1-2H3,(H2,31,33)(H,32,34). The molecule has 3 aromatic carbocycles. The molecule has 3 aliphatic rings. The highest BCUT2D eigenvalue weighted by Crippen LogP contribution is 2.61. The average Bonchev–Trinajstić information content (AvgIpc) is 3.24. The SMILES string of the molecule is CCc1cc2oc(-c3ccccc3)c(C(N)=O)c2cc1-c1cccc(C(=O)NC23CC(C2)C3C)c1. The summed E-state index contributed by atoms with van der Waals surface area (Å²) in [5, 5.41) is 3.97. The third kappa shape index (κ3) is 3.29. The molecule has 1 atom stereocenters. The van der Waals surface area contributed by atoms with Gasteiger partial charge in [0.15, 0.2) is 0 Å². The van der Waals surface area contributed by atoms with Gasteiger partial charge in [-0.2, -0.15) is 0 Å². The van der Waals surface area contributed by atoms with Crippen LogP contribution in [0.2, 0.25) is 0 Å². The minimum Gasteiger partial charge on any atom is -0.455 e. The zero-order chi connectivity index (χ0) is 24.3. The van der Waals surface area contributed by atoms with E-state index in [1.807, 2.05) is 66.7 Å². The van der Waals surface area contributed by atoms with Gasteiger partial charge in [-0.05, 0) is 72.1 Å². The molecule has 3 fully saturated rings. The minimum atomic E-state index is -0.529. The number of carbonyl (C=O) groups is 2. The largest absolute Gasteiger partial charge is 0.455 e. The Bertz CT molecular complexity index is 1480. The summed E-state index contributed by atoms with van der Waals surface area (Å²) in [7, 11) is 0. The summed E-state index contributed by atoms with van der Waals surface area (Å²) in [6.07, 6.45) is 2.96. The van der Waals surface area contributed by atoms with Crippen molar-refractivity contribution in [1.82, 2.24) is 5.32 Å². The van der Waals surface area contributed by atoms with Gasteiger partial charge in [0.2, 0.25) is 0 Å². The van der Waals surface area contributed by atoms with Crippen LogP contribution in [-0.2, 0) is 6.42 Å². The molecule has 5 nitrogen and oxygen atoms in total. The molecule has 4 aromatic rings. The number of carbonyl (C=O) groups excluding carboxylic acids is 2. The number of hydrogen-bond acceptors (Lipinski definition) is 3. The molecule has 176 valence electrons. The quantitative estimate of drug-likeness (QED) is 0.369. The Morgan fingerprint density at radius 1 is 1.03 bits per heavy atom. The van der Waals surface area contributed by atoms with Crippen molar-refractivity contribution in [3.63, 3.8) is 0 Å². The van der Waals surface area contributed by atoms with Gasteiger partial charge in [0.25, 0.3) is 11.8 Å². The number of furan rings is 1. The number of nitrogens with two attached hydrogens (primary N) is 1. The van der Waals surface area contributed by atoms with Gasteiger partial charge in [-0.1, -0.05) is 56.3 Å². The molecule has 5 heteroatoms. The number of fused-ring (bicyclic) bond motifs is 1. The van der Waals surface area contributed by atoms with Crippen molar-refractivity contribution in [2.24, 2.45) is 17.6 Å². The Hall–Kier alpha value is -3.86. The highest BCUT2D eigenvalue weighted by atomic mass is 16.3. The second-order valence-electron chi connectivity index (χ2n) is 10.0. The highest BCUT2D eigenvalue weighted by molar-refractivity contribution is 6.11. The maximum absolute atomic E-state index is 13.1. The summed E-state index contributed by atoms with van der Waals surface area (Å²) in [6.45, 7) is 4.31. The second-order valence-corrected chi connectivity index (χ2v) is 10.0. The normalized spacial score (nSPS) is 22.3. The lowest BCUT2D eigenvalue weighted by atomic mass is 9.43. The number of primary amides is 1. The van der Waals surface area contributed by atoms with E-state index in [-0.39, 0.29) is 11.4 Å². The summed E-state index contributed by atoms with van der Waals surface area (Å²) in [5.74, 6) is 1.27. The van der Waals surface area contributed by atoms with Crippen LogP contribution in [0.1, 0.15) is 53.0 Å². The molecule has 35 heavy (non-hydrogen) atoms. The smallest absolute Gasteiger partial charge is 0.253 e. The van der Waals surface area contributed by atoms with Crippen LogP contribution in [-0.4, -0.2) is 17.4 Å². The molecule has 2 bridgehead atoms. The lowest BCUT2D eigenvalue weighted by Crippen LogP contribution is -2.74. The summed E-state index contributed by atoms with van der Waals surface area (Å²) < 4.78 is 6.17. The van der Waals surface area contributed by atoms with Crippen molar-refractivity contribution in [2.75, 3.05) is 0 Å². The van der Waals surface area contributed by atoms with Crippen molar-refractivity contribution < 1.29 is 14.0 Å². The van der Waals surface area contributed by atoms with Crippen molar-refractivity contribution in [3.8, 4) is 22.5 Å². The molecule has 3 N–H and O–H groups in total. The summed E-state index contributed by atoms with van der Waals surface area (Å²) in [6, 6.07) is 21.2. The number of rotatable bonds is 6. The van der Waals surface area contributed by atoms with Crippen LogP contribution < -0.4 is 11.1 Å². The first-order chi connectivity index (χ1) is 16.9. The van der Waals surface area contributed by atoms with E-state index in [1.165, 1.54) is 0 Å². The molecule has 0 saturated heterocycles. The van der Waals surface area contributed by atoms with Crippen LogP contribution in [0, 0.1) is 11.8 Å². The average molecular weight is 465 g/mol. The van der Waals surface area contributed by atoms with Crippen LogP contribution in [0.25, 0.3) is 33.4 Å². The number of hydrogen-bond donors (Lipinski definition) is 2. The van der Waals surface area contributed by atoms with Crippen LogP contribution >= 0.6 is 0 Å². The molecule has 0 radical (unpaired) electrons. The number of benzene rings is 3. The zero-order valence-electron chi connectivity index (χ0n) is 19.9. The Balaban J connectivity index is 1.43. The minimum absolute atomic E-state index is 0.00767. The first-order valence-electron chi connectivity index (χ1n) is 12.3. The third-order valence-corrected chi connectivity index (χ3v) is 8.21. The summed E-state index contributed by atoms with van der Waals surface area (Å²) in [4.78, 5) is 25.6. The monoisotopic (exact) mass is 464 g/mol. The fourth-order valence-electron chi connectivity index (χ4n) is 5.86. The van der Waals surface area contributed by atoms with Crippen LogP contribution in [0.3, 0.4) is 0 Å². The van der Waals surface area contributed by atoms with Crippen LogP contribution in [0.5, 0.6) is 0 Å². The van der Waals surface area contributed by atoms with Gasteiger partial charge in [0.05, 0.1) is 5.56 Å². The molecule has 2 amide bonds. The molecule has 1 aromatic heterocycles. The summed E-state index contributed by atoms with van der Waals surface area (Å²) in [5.41, 5.74) is 11.3. The van der Waals surface area contributed by atoms with E-state index in [9.17, 15) is 9.59 Å². The number of amides is 2. The lowest BCUT2D eigenvalue weighted by Gasteiger charge is -2.67.